The summed E-state index contributed by atoms with van der Waals surface area (Å²) in [6.45, 7) is 2.89. The molecule has 1 heterocycles. The summed E-state index contributed by atoms with van der Waals surface area (Å²) < 4.78 is 2.10. The van der Waals surface area contributed by atoms with Crippen LogP contribution in [0.2, 0.25) is 0 Å². The topological polar surface area (TPSA) is 50.9 Å². The van der Waals surface area contributed by atoms with Gasteiger partial charge >= 0.3 is 0 Å². The van der Waals surface area contributed by atoms with E-state index in [1.54, 1.807) is 23.9 Å². The summed E-state index contributed by atoms with van der Waals surface area (Å²) in [5.41, 5.74) is 2.23. The zero-order valence-corrected chi connectivity index (χ0v) is 13.1. The first kappa shape index (κ1) is 14.7. The molecule has 0 bridgehead atoms. The molecule has 0 atom stereocenters. The lowest BCUT2D eigenvalue weighted by Gasteiger charge is -2.07. The van der Waals surface area contributed by atoms with E-state index in [9.17, 15) is 5.11 Å². The molecule has 1 N–H and O–H groups in total. The van der Waals surface area contributed by atoms with Gasteiger partial charge in [-0.25, -0.2) is 0 Å². The van der Waals surface area contributed by atoms with Crippen LogP contribution in [-0.4, -0.2) is 19.9 Å². The lowest BCUT2D eigenvalue weighted by molar-refractivity contribution is 0.475. The Kier molecular flexibility index (Phi) is 4.44. The van der Waals surface area contributed by atoms with Crippen molar-refractivity contribution in [1.29, 1.82) is 0 Å². The maximum atomic E-state index is 9.40. The Labute approximate surface area is 133 Å². The van der Waals surface area contributed by atoms with Crippen LogP contribution >= 0.6 is 11.8 Å². The van der Waals surface area contributed by atoms with E-state index in [4.69, 9.17) is 0 Å². The molecule has 4 nitrogen and oxygen atoms in total. The molecule has 0 aliphatic rings. The number of hydrogen-bond donors (Lipinski definition) is 1. The molecule has 2 aromatic carbocycles. The Bertz CT molecular complexity index is 738. The molecule has 3 aromatic rings. The van der Waals surface area contributed by atoms with Gasteiger partial charge in [0.25, 0.3) is 0 Å². The third-order valence-corrected chi connectivity index (χ3v) is 4.41. The molecule has 3 rings (SSSR count). The smallest absolute Gasteiger partial charge is 0.191 e. The minimum atomic E-state index is 0.255. The second kappa shape index (κ2) is 6.66. The van der Waals surface area contributed by atoms with Crippen molar-refractivity contribution >= 4 is 11.8 Å². The maximum absolute atomic E-state index is 9.40. The molecule has 1 aromatic heterocycles. The summed E-state index contributed by atoms with van der Waals surface area (Å²) in [6, 6.07) is 17.4. The SMILES string of the molecule is CCn1c(SCc2ccccc2)nnc1-c1ccc(O)cc1. The van der Waals surface area contributed by atoms with E-state index in [-0.39, 0.29) is 5.75 Å². The fraction of sp³-hybridized carbons (Fsp3) is 0.176. The summed E-state index contributed by atoms with van der Waals surface area (Å²) in [5.74, 6) is 1.96. The lowest BCUT2D eigenvalue weighted by Crippen LogP contribution is -1.99. The first-order chi connectivity index (χ1) is 10.8. The molecular formula is C17H17N3OS. The quantitative estimate of drug-likeness (QED) is 0.725. The van der Waals surface area contributed by atoms with E-state index < -0.39 is 0 Å². The van der Waals surface area contributed by atoms with Crippen LogP contribution in [0.25, 0.3) is 11.4 Å². The van der Waals surface area contributed by atoms with Crippen LogP contribution in [0.4, 0.5) is 0 Å². The van der Waals surface area contributed by atoms with Crippen LogP contribution in [0.5, 0.6) is 5.75 Å². The number of aromatic nitrogens is 3. The number of hydrogen-bond acceptors (Lipinski definition) is 4. The minimum absolute atomic E-state index is 0.255. The van der Waals surface area contributed by atoms with Crippen LogP contribution in [0, 0.1) is 0 Å². The van der Waals surface area contributed by atoms with E-state index in [0.29, 0.717) is 0 Å². The summed E-state index contributed by atoms with van der Waals surface area (Å²) in [4.78, 5) is 0. The highest BCUT2D eigenvalue weighted by atomic mass is 32.2. The Morgan fingerprint density at radius 3 is 2.41 bits per heavy atom. The zero-order valence-electron chi connectivity index (χ0n) is 12.3. The molecule has 0 saturated heterocycles. The average molecular weight is 311 g/mol. The fourth-order valence-electron chi connectivity index (χ4n) is 2.23. The van der Waals surface area contributed by atoms with Crippen LogP contribution in [0.15, 0.2) is 59.8 Å². The largest absolute Gasteiger partial charge is 0.508 e. The molecule has 5 heteroatoms. The highest BCUT2D eigenvalue weighted by Crippen LogP contribution is 2.27. The molecule has 112 valence electrons. The number of phenolic OH excluding ortho intramolecular Hbond substituents is 1. The summed E-state index contributed by atoms with van der Waals surface area (Å²) in [5, 5.41) is 18.9. The summed E-state index contributed by atoms with van der Waals surface area (Å²) in [6.07, 6.45) is 0. The van der Waals surface area contributed by atoms with Gasteiger partial charge in [0.2, 0.25) is 0 Å². The molecule has 0 unspecified atom stereocenters. The van der Waals surface area contributed by atoms with Crippen molar-refractivity contribution in [2.24, 2.45) is 0 Å². The van der Waals surface area contributed by atoms with E-state index in [2.05, 4.69) is 33.8 Å². The molecule has 22 heavy (non-hydrogen) atoms. The summed E-state index contributed by atoms with van der Waals surface area (Å²) in [7, 11) is 0. The zero-order chi connectivity index (χ0) is 15.4. The second-order valence-corrected chi connectivity index (χ2v) is 5.81. The van der Waals surface area contributed by atoms with Crippen molar-refractivity contribution < 1.29 is 5.11 Å². The van der Waals surface area contributed by atoms with Crippen LogP contribution in [0.1, 0.15) is 12.5 Å². The van der Waals surface area contributed by atoms with Crippen LogP contribution < -0.4 is 0 Å². The predicted octanol–water partition coefficient (Wildman–Crippen LogP) is 3.96. The van der Waals surface area contributed by atoms with Gasteiger partial charge in [-0.05, 0) is 36.8 Å². The summed E-state index contributed by atoms with van der Waals surface area (Å²) >= 11 is 1.68. The maximum Gasteiger partial charge on any atom is 0.191 e. The fourth-order valence-corrected chi connectivity index (χ4v) is 3.18. The Morgan fingerprint density at radius 2 is 1.73 bits per heavy atom. The van der Waals surface area contributed by atoms with Gasteiger partial charge in [-0.3, -0.25) is 0 Å². The van der Waals surface area contributed by atoms with Gasteiger partial charge < -0.3 is 9.67 Å². The number of rotatable bonds is 5. The van der Waals surface area contributed by atoms with E-state index in [1.165, 1.54) is 5.56 Å². The van der Waals surface area contributed by atoms with Gasteiger partial charge in [0.15, 0.2) is 11.0 Å². The van der Waals surface area contributed by atoms with Crippen molar-refractivity contribution in [1.82, 2.24) is 14.8 Å². The molecule has 0 fully saturated rings. The van der Waals surface area contributed by atoms with Crippen molar-refractivity contribution in [3.63, 3.8) is 0 Å². The van der Waals surface area contributed by atoms with Gasteiger partial charge in [0.05, 0.1) is 0 Å². The normalized spacial score (nSPS) is 10.8. The molecule has 0 spiro atoms. The Balaban J connectivity index is 1.82. The molecule has 0 amide bonds. The lowest BCUT2D eigenvalue weighted by atomic mass is 10.2. The van der Waals surface area contributed by atoms with Crippen LogP contribution in [-0.2, 0) is 12.3 Å². The number of phenols is 1. The standard InChI is InChI=1S/C17H17N3OS/c1-2-20-16(14-8-10-15(21)11-9-14)18-19-17(20)22-12-13-6-4-3-5-7-13/h3-11,21H,2,12H2,1H3. The van der Waals surface area contributed by atoms with Gasteiger partial charge in [-0.2, -0.15) is 0 Å². The highest BCUT2D eigenvalue weighted by molar-refractivity contribution is 7.98. The first-order valence-corrected chi connectivity index (χ1v) is 8.16. The van der Waals surface area contributed by atoms with Crippen molar-refractivity contribution in [2.45, 2.75) is 24.4 Å². The van der Waals surface area contributed by atoms with Gasteiger partial charge in [0.1, 0.15) is 5.75 Å². The first-order valence-electron chi connectivity index (χ1n) is 7.17. The third kappa shape index (κ3) is 3.14. The van der Waals surface area contributed by atoms with Crippen molar-refractivity contribution in [2.75, 3.05) is 0 Å². The minimum Gasteiger partial charge on any atom is -0.508 e. The van der Waals surface area contributed by atoms with E-state index in [0.717, 1.165) is 28.8 Å². The van der Waals surface area contributed by atoms with Crippen LogP contribution in [0.3, 0.4) is 0 Å². The predicted molar refractivity (Wildman–Crippen MR) is 88.8 cm³/mol. The van der Waals surface area contributed by atoms with Gasteiger partial charge in [-0.15, -0.1) is 10.2 Å². The average Bonchev–Trinajstić information content (AvgIpc) is 2.97. The number of thioether (sulfide) groups is 1. The Morgan fingerprint density at radius 1 is 1.00 bits per heavy atom. The Hall–Kier alpha value is -2.27. The van der Waals surface area contributed by atoms with Gasteiger partial charge in [-0.1, -0.05) is 42.1 Å². The second-order valence-electron chi connectivity index (χ2n) is 4.87. The van der Waals surface area contributed by atoms with Crippen molar-refractivity contribution in [3.8, 4) is 17.1 Å². The monoisotopic (exact) mass is 311 g/mol. The van der Waals surface area contributed by atoms with E-state index in [1.807, 2.05) is 30.3 Å². The van der Waals surface area contributed by atoms with E-state index >= 15 is 0 Å². The molecule has 0 aliphatic carbocycles. The highest BCUT2D eigenvalue weighted by Gasteiger charge is 2.13. The number of nitrogens with zero attached hydrogens (tertiary/aromatic N) is 3. The van der Waals surface area contributed by atoms with Gasteiger partial charge in [0, 0.05) is 17.9 Å². The number of aromatic hydroxyl groups is 1. The molecule has 0 aliphatic heterocycles. The molecular weight excluding hydrogens is 294 g/mol. The third-order valence-electron chi connectivity index (χ3n) is 3.37. The molecule has 0 radical (unpaired) electrons. The molecule has 0 saturated carbocycles. The van der Waals surface area contributed by atoms with Crippen molar-refractivity contribution in [3.05, 3.63) is 60.2 Å². The number of benzene rings is 2.